The average Bonchev–Trinajstić information content (AvgIpc) is 2.99. The molecular weight excluding hydrogens is 288 g/mol. The molecule has 6 nitrogen and oxygen atoms in total. The SMILES string of the molecule is CC1(C)O[C@@H]2O[C@H]3[C@@H](O[C@@H](c4ccccc4)O[C@H]3CO)[C@H]2O1. The van der Waals surface area contributed by atoms with Crippen LogP contribution < -0.4 is 0 Å². The minimum absolute atomic E-state index is 0.142. The van der Waals surface area contributed by atoms with Gasteiger partial charge in [0.2, 0.25) is 0 Å². The molecule has 0 saturated carbocycles. The third-order valence-electron chi connectivity index (χ3n) is 4.22. The van der Waals surface area contributed by atoms with Crippen molar-refractivity contribution in [3.63, 3.8) is 0 Å². The number of hydrogen-bond donors (Lipinski definition) is 1. The molecule has 3 heterocycles. The summed E-state index contributed by atoms with van der Waals surface area (Å²) in [5.74, 6) is -0.696. The Morgan fingerprint density at radius 1 is 0.955 bits per heavy atom. The molecule has 1 aromatic carbocycles. The van der Waals surface area contributed by atoms with Crippen LogP contribution in [-0.2, 0) is 23.7 Å². The summed E-state index contributed by atoms with van der Waals surface area (Å²) < 4.78 is 29.4. The maximum Gasteiger partial charge on any atom is 0.190 e. The van der Waals surface area contributed by atoms with Crippen LogP contribution in [0.5, 0.6) is 0 Å². The molecular formula is C16H20O6. The topological polar surface area (TPSA) is 66.4 Å². The lowest BCUT2D eigenvalue weighted by Crippen LogP contribution is -2.50. The molecule has 0 unspecified atom stereocenters. The van der Waals surface area contributed by atoms with E-state index in [0.717, 1.165) is 5.56 Å². The summed E-state index contributed by atoms with van der Waals surface area (Å²) in [7, 11) is 0. The van der Waals surface area contributed by atoms with Crippen molar-refractivity contribution < 1.29 is 28.8 Å². The number of ether oxygens (including phenoxy) is 5. The third kappa shape index (κ3) is 2.36. The highest BCUT2D eigenvalue weighted by Gasteiger charge is 2.59. The maximum absolute atomic E-state index is 9.63. The second-order valence-corrected chi connectivity index (χ2v) is 6.27. The van der Waals surface area contributed by atoms with Gasteiger partial charge in [0.25, 0.3) is 0 Å². The number of aliphatic hydroxyl groups excluding tert-OH is 1. The number of rotatable bonds is 2. The molecule has 6 atom stereocenters. The minimum atomic E-state index is -0.696. The highest BCUT2D eigenvalue weighted by Crippen LogP contribution is 2.44. The minimum Gasteiger partial charge on any atom is -0.394 e. The Hall–Kier alpha value is -1.02. The van der Waals surface area contributed by atoms with E-state index in [-0.39, 0.29) is 18.8 Å². The maximum atomic E-state index is 9.63. The normalized spacial score (nSPS) is 42.9. The summed E-state index contributed by atoms with van der Waals surface area (Å²) in [5.41, 5.74) is 0.904. The first-order valence-electron chi connectivity index (χ1n) is 7.55. The molecule has 0 amide bonds. The van der Waals surface area contributed by atoms with E-state index >= 15 is 0 Å². The molecule has 0 spiro atoms. The van der Waals surface area contributed by atoms with Crippen LogP contribution in [0.25, 0.3) is 0 Å². The Morgan fingerprint density at radius 3 is 2.45 bits per heavy atom. The van der Waals surface area contributed by atoms with E-state index in [2.05, 4.69) is 0 Å². The zero-order valence-electron chi connectivity index (χ0n) is 12.5. The van der Waals surface area contributed by atoms with Gasteiger partial charge in [0.1, 0.15) is 24.4 Å². The molecule has 3 saturated heterocycles. The van der Waals surface area contributed by atoms with Crippen LogP contribution in [-0.4, -0.2) is 48.2 Å². The van der Waals surface area contributed by atoms with E-state index in [0.29, 0.717) is 0 Å². The monoisotopic (exact) mass is 308 g/mol. The van der Waals surface area contributed by atoms with Gasteiger partial charge < -0.3 is 28.8 Å². The van der Waals surface area contributed by atoms with Gasteiger partial charge in [-0.05, 0) is 13.8 Å². The molecule has 0 aromatic heterocycles. The van der Waals surface area contributed by atoms with Crippen LogP contribution in [0.4, 0.5) is 0 Å². The molecule has 3 aliphatic rings. The summed E-state index contributed by atoms with van der Waals surface area (Å²) in [5, 5.41) is 9.63. The van der Waals surface area contributed by atoms with Crippen LogP contribution in [0, 0.1) is 0 Å². The van der Waals surface area contributed by atoms with Gasteiger partial charge in [-0.25, -0.2) is 0 Å². The van der Waals surface area contributed by atoms with Crippen molar-refractivity contribution in [3.05, 3.63) is 35.9 Å². The molecule has 6 heteroatoms. The smallest absolute Gasteiger partial charge is 0.190 e. The fourth-order valence-corrected chi connectivity index (χ4v) is 3.28. The second-order valence-electron chi connectivity index (χ2n) is 6.27. The number of benzene rings is 1. The molecule has 4 rings (SSSR count). The molecule has 0 radical (unpaired) electrons. The van der Waals surface area contributed by atoms with Crippen molar-refractivity contribution >= 4 is 0 Å². The first kappa shape index (κ1) is 14.6. The molecule has 22 heavy (non-hydrogen) atoms. The zero-order chi connectivity index (χ0) is 15.3. The molecule has 0 bridgehead atoms. The number of fused-ring (bicyclic) bond motifs is 3. The van der Waals surface area contributed by atoms with Crippen LogP contribution in [0.15, 0.2) is 30.3 Å². The molecule has 1 aromatic rings. The van der Waals surface area contributed by atoms with Gasteiger partial charge in [0.05, 0.1) is 6.61 Å². The van der Waals surface area contributed by atoms with Crippen molar-refractivity contribution in [3.8, 4) is 0 Å². The summed E-state index contributed by atoms with van der Waals surface area (Å²) in [4.78, 5) is 0. The van der Waals surface area contributed by atoms with Crippen molar-refractivity contribution in [2.24, 2.45) is 0 Å². The average molecular weight is 308 g/mol. The van der Waals surface area contributed by atoms with Gasteiger partial charge in [0.15, 0.2) is 18.4 Å². The summed E-state index contributed by atoms with van der Waals surface area (Å²) in [6.07, 6.45) is -2.54. The highest BCUT2D eigenvalue weighted by molar-refractivity contribution is 5.17. The zero-order valence-corrected chi connectivity index (χ0v) is 12.5. The molecule has 1 N–H and O–H groups in total. The van der Waals surface area contributed by atoms with E-state index in [1.165, 1.54) is 0 Å². The molecule has 0 aliphatic carbocycles. The fourth-order valence-electron chi connectivity index (χ4n) is 3.28. The van der Waals surface area contributed by atoms with Crippen LogP contribution >= 0.6 is 0 Å². The van der Waals surface area contributed by atoms with Crippen LogP contribution in [0.3, 0.4) is 0 Å². The first-order valence-corrected chi connectivity index (χ1v) is 7.55. The van der Waals surface area contributed by atoms with Crippen molar-refractivity contribution in [2.45, 2.75) is 56.6 Å². The van der Waals surface area contributed by atoms with Crippen LogP contribution in [0.1, 0.15) is 25.7 Å². The lowest BCUT2D eigenvalue weighted by atomic mass is 10.0. The lowest BCUT2D eigenvalue weighted by molar-refractivity contribution is -0.313. The van der Waals surface area contributed by atoms with Crippen molar-refractivity contribution in [2.75, 3.05) is 6.61 Å². The Morgan fingerprint density at radius 2 is 1.73 bits per heavy atom. The van der Waals surface area contributed by atoms with Gasteiger partial charge in [-0.2, -0.15) is 0 Å². The summed E-state index contributed by atoms with van der Waals surface area (Å²) in [6, 6.07) is 9.65. The van der Waals surface area contributed by atoms with Gasteiger partial charge in [-0.1, -0.05) is 30.3 Å². The van der Waals surface area contributed by atoms with Gasteiger partial charge in [0, 0.05) is 5.56 Å². The standard InChI is InChI=1S/C16H20O6/c1-16(2)21-13-12-11(19-15(13)22-16)10(8-17)18-14(20-12)9-6-4-3-5-7-9/h3-7,10-15,17H,8H2,1-2H3/t10-,11+,12+,13+,14-,15-/m0/s1. The predicted octanol–water partition coefficient (Wildman–Crippen LogP) is 1.34. The molecule has 3 aliphatic heterocycles. The summed E-state index contributed by atoms with van der Waals surface area (Å²) in [6.45, 7) is 3.55. The van der Waals surface area contributed by atoms with Gasteiger partial charge in [-0.3, -0.25) is 0 Å². The van der Waals surface area contributed by atoms with E-state index in [1.807, 2.05) is 44.2 Å². The fraction of sp³-hybridized carbons (Fsp3) is 0.625. The largest absolute Gasteiger partial charge is 0.394 e. The quantitative estimate of drug-likeness (QED) is 0.889. The van der Waals surface area contributed by atoms with Crippen LogP contribution in [0.2, 0.25) is 0 Å². The van der Waals surface area contributed by atoms with Crippen molar-refractivity contribution in [1.82, 2.24) is 0 Å². The molecule has 120 valence electrons. The first-order chi connectivity index (χ1) is 10.6. The predicted molar refractivity (Wildman–Crippen MR) is 74.7 cm³/mol. The van der Waals surface area contributed by atoms with E-state index in [1.54, 1.807) is 0 Å². The Balaban J connectivity index is 1.59. The van der Waals surface area contributed by atoms with E-state index in [9.17, 15) is 5.11 Å². The lowest BCUT2D eigenvalue weighted by Gasteiger charge is -2.39. The Bertz CT molecular complexity index is 533. The molecule has 3 fully saturated rings. The number of hydrogen-bond acceptors (Lipinski definition) is 6. The van der Waals surface area contributed by atoms with Gasteiger partial charge >= 0.3 is 0 Å². The Labute approximate surface area is 128 Å². The van der Waals surface area contributed by atoms with E-state index in [4.69, 9.17) is 23.7 Å². The Kier molecular flexibility index (Phi) is 3.48. The van der Waals surface area contributed by atoms with E-state index < -0.39 is 30.6 Å². The highest BCUT2D eigenvalue weighted by atomic mass is 16.9. The second kappa shape index (κ2) is 5.26. The van der Waals surface area contributed by atoms with Gasteiger partial charge in [-0.15, -0.1) is 0 Å². The van der Waals surface area contributed by atoms with Crippen molar-refractivity contribution in [1.29, 1.82) is 0 Å². The number of aliphatic hydroxyl groups is 1. The summed E-state index contributed by atoms with van der Waals surface area (Å²) >= 11 is 0. The third-order valence-corrected chi connectivity index (χ3v) is 4.22.